The van der Waals surface area contributed by atoms with Crippen molar-refractivity contribution in [1.82, 2.24) is 10.6 Å². The zero-order chi connectivity index (χ0) is 21.2. The van der Waals surface area contributed by atoms with Crippen LogP contribution in [0, 0.1) is 0 Å². The van der Waals surface area contributed by atoms with Gasteiger partial charge in [0, 0.05) is 25.8 Å². The number of anilines is 1. The highest BCUT2D eigenvalue weighted by Crippen LogP contribution is 2.16. The van der Waals surface area contributed by atoms with E-state index in [9.17, 15) is 9.59 Å². The number of para-hydroxylation sites is 1. The van der Waals surface area contributed by atoms with Crippen LogP contribution in [0.15, 0.2) is 48.5 Å². The Kier molecular flexibility index (Phi) is 8.76. The number of thiocarbonyl (C=S) groups is 1. The molecule has 2 amide bonds. The number of rotatable bonds is 8. The first kappa shape index (κ1) is 22.5. The molecule has 0 saturated carbocycles. The van der Waals surface area contributed by atoms with Gasteiger partial charge in [-0.1, -0.05) is 38.1 Å². The molecule has 0 aliphatic rings. The van der Waals surface area contributed by atoms with Crippen LogP contribution in [0.25, 0.3) is 0 Å². The highest BCUT2D eigenvalue weighted by atomic mass is 32.1. The molecular formula is C22H27N3O3S. The Morgan fingerprint density at radius 2 is 1.72 bits per heavy atom. The van der Waals surface area contributed by atoms with E-state index in [1.165, 1.54) is 0 Å². The quantitative estimate of drug-likeness (QED) is 0.454. The molecule has 29 heavy (non-hydrogen) atoms. The summed E-state index contributed by atoms with van der Waals surface area (Å²) in [4.78, 5) is 24.8. The summed E-state index contributed by atoms with van der Waals surface area (Å²) in [6.07, 6.45) is 0.724. The lowest BCUT2D eigenvalue weighted by Gasteiger charge is -2.14. The fourth-order valence-electron chi connectivity index (χ4n) is 2.65. The van der Waals surface area contributed by atoms with E-state index in [1.54, 1.807) is 43.5 Å². The molecular weight excluding hydrogens is 386 g/mol. The summed E-state index contributed by atoms with van der Waals surface area (Å²) >= 11 is 5.26. The van der Waals surface area contributed by atoms with Gasteiger partial charge < -0.3 is 15.4 Å². The standard InChI is InChI=1S/C22H27N3O3S/c1-15(2)16-9-11-17(12-10-16)20(26)25-22(29)24-19-8-5-4-7-18(19)21(27)23-13-6-14-28-3/h4-5,7-12,15H,6,13-14H2,1-3H3,(H,23,27)(H2,24,25,26,29). The number of amides is 2. The maximum absolute atomic E-state index is 12.4. The van der Waals surface area contributed by atoms with Gasteiger partial charge in [0.2, 0.25) is 0 Å². The number of ether oxygens (including phenoxy) is 1. The molecule has 2 aromatic rings. The Bertz CT molecular complexity index is 851. The molecule has 0 bridgehead atoms. The summed E-state index contributed by atoms with van der Waals surface area (Å²) in [6, 6.07) is 14.4. The van der Waals surface area contributed by atoms with Gasteiger partial charge in [0.1, 0.15) is 0 Å². The van der Waals surface area contributed by atoms with Crippen LogP contribution >= 0.6 is 12.2 Å². The molecule has 0 saturated heterocycles. The Labute approximate surface area is 177 Å². The molecule has 2 aromatic carbocycles. The first-order chi connectivity index (χ1) is 13.9. The molecule has 154 valence electrons. The van der Waals surface area contributed by atoms with Gasteiger partial charge in [0.25, 0.3) is 11.8 Å². The van der Waals surface area contributed by atoms with Crippen LogP contribution in [-0.4, -0.2) is 37.2 Å². The van der Waals surface area contributed by atoms with Crippen LogP contribution in [-0.2, 0) is 4.74 Å². The van der Waals surface area contributed by atoms with Crippen molar-refractivity contribution in [3.05, 3.63) is 65.2 Å². The maximum atomic E-state index is 12.4. The smallest absolute Gasteiger partial charge is 0.257 e. The molecule has 6 nitrogen and oxygen atoms in total. The lowest BCUT2D eigenvalue weighted by molar-refractivity contribution is 0.0947. The summed E-state index contributed by atoms with van der Waals surface area (Å²) in [7, 11) is 1.62. The van der Waals surface area contributed by atoms with Crippen LogP contribution in [0.1, 0.15) is 52.5 Å². The third kappa shape index (κ3) is 6.96. The van der Waals surface area contributed by atoms with Gasteiger partial charge in [0.05, 0.1) is 11.3 Å². The van der Waals surface area contributed by atoms with E-state index < -0.39 is 0 Å². The molecule has 0 atom stereocenters. The topological polar surface area (TPSA) is 79.5 Å². The second-order valence-electron chi connectivity index (χ2n) is 6.83. The van der Waals surface area contributed by atoms with E-state index in [0.29, 0.717) is 35.9 Å². The SMILES string of the molecule is COCCCNC(=O)c1ccccc1NC(=S)NC(=O)c1ccc(C(C)C)cc1. The normalized spacial score (nSPS) is 10.5. The second-order valence-corrected chi connectivity index (χ2v) is 7.24. The van der Waals surface area contributed by atoms with Crippen molar-refractivity contribution in [2.24, 2.45) is 0 Å². The summed E-state index contributed by atoms with van der Waals surface area (Å²) in [6.45, 7) is 5.28. The zero-order valence-corrected chi connectivity index (χ0v) is 17.8. The van der Waals surface area contributed by atoms with Gasteiger partial charge in [-0.05, 0) is 54.4 Å². The summed E-state index contributed by atoms with van der Waals surface area (Å²) in [5, 5.41) is 8.56. The van der Waals surface area contributed by atoms with Gasteiger partial charge in [-0.3, -0.25) is 14.9 Å². The lowest BCUT2D eigenvalue weighted by atomic mass is 10.0. The number of benzene rings is 2. The average Bonchev–Trinajstić information content (AvgIpc) is 2.71. The average molecular weight is 414 g/mol. The van der Waals surface area contributed by atoms with Crippen LogP contribution in [0.5, 0.6) is 0 Å². The number of hydrogen-bond donors (Lipinski definition) is 3. The van der Waals surface area contributed by atoms with Crippen LogP contribution in [0.4, 0.5) is 5.69 Å². The number of methoxy groups -OCH3 is 1. The van der Waals surface area contributed by atoms with Crippen molar-refractivity contribution in [3.8, 4) is 0 Å². The van der Waals surface area contributed by atoms with Gasteiger partial charge in [-0.25, -0.2) is 0 Å². The number of carbonyl (C=O) groups excluding carboxylic acids is 2. The summed E-state index contributed by atoms with van der Waals surface area (Å²) in [5.41, 5.74) is 2.65. The zero-order valence-electron chi connectivity index (χ0n) is 17.0. The molecule has 0 aliphatic carbocycles. The molecule has 2 rings (SSSR count). The van der Waals surface area contributed by atoms with E-state index >= 15 is 0 Å². The first-order valence-electron chi connectivity index (χ1n) is 9.50. The molecule has 0 heterocycles. The lowest BCUT2D eigenvalue weighted by Crippen LogP contribution is -2.35. The van der Waals surface area contributed by atoms with Crippen molar-refractivity contribution in [3.63, 3.8) is 0 Å². The fourth-order valence-corrected chi connectivity index (χ4v) is 2.85. The highest BCUT2D eigenvalue weighted by molar-refractivity contribution is 7.80. The van der Waals surface area contributed by atoms with E-state index in [4.69, 9.17) is 17.0 Å². The summed E-state index contributed by atoms with van der Waals surface area (Å²) in [5.74, 6) is -0.131. The van der Waals surface area contributed by atoms with Crippen molar-refractivity contribution in [2.45, 2.75) is 26.2 Å². The largest absolute Gasteiger partial charge is 0.385 e. The van der Waals surface area contributed by atoms with Crippen molar-refractivity contribution in [2.75, 3.05) is 25.6 Å². The second kappa shape index (κ2) is 11.3. The Balaban J connectivity index is 1.98. The minimum atomic E-state index is -0.306. The molecule has 0 aliphatic heterocycles. The van der Waals surface area contributed by atoms with Crippen LogP contribution in [0.3, 0.4) is 0 Å². The molecule has 0 radical (unpaired) electrons. The predicted molar refractivity (Wildman–Crippen MR) is 119 cm³/mol. The minimum absolute atomic E-state index is 0.127. The van der Waals surface area contributed by atoms with Crippen molar-refractivity contribution < 1.29 is 14.3 Å². The maximum Gasteiger partial charge on any atom is 0.257 e. The fraction of sp³-hybridized carbons (Fsp3) is 0.318. The van der Waals surface area contributed by atoms with Crippen LogP contribution < -0.4 is 16.0 Å². The number of nitrogens with one attached hydrogen (secondary N) is 3. The molecule has 0 unspecified atom stereocenters. The van der Waals surface area contributed by atoms with E-state index in [0.717, 1.165) is 12.0 Å². The van der Waals surface area contributed by atoms with E-state index in [2.05, 4.69) is 29.8 Å². The van der Waals surface area contributed by atoms with Gasteiger partial charge in [-0.15, -0.1) is 0 Å². The Hall–Kier alpha value is -2.77. The first-order valence-corrected chi connectivity index (χ1v) is 9.91. The van der Waals surface area contributed by atoms with Gasteiger partial charge in [0.15, 0.2) is 5.11 Å². The Morgan fingerprint density at radius 3 is 2.38 bits per heavy atom. The van der Waals surface area contributed by atoms with Gasteiger partial charge >= 0.3 is 0 Å². The van der Waals surface area contributed by atoms with E-state index in [-0.39, 0.29) is 16.9 Å². The molecule has 0 fully saturated rings. The van der Waals surface area contributed by atoms with Crippen LogP contribution in [0.2, 0.25) is 0 Å². The van der Waals surface area contributed by atoms with Crippen molar-refractivity contribution in [1.29, 1.82) is 0 Å². The minimum Gasteiger partial charge on any atom is -0.385 e. The third-order valence-corrected chi connectivity index (χ3v) is 4.50. The predicted octanol–water partition coefficient (Wildman–Crippen LogP) is 3.70. The number of hydrogen-bond acceptors (Lipinski definition) is 4. The molecule has 0 spiro atoms. The van der Waals surface area contributed by atoms with Gasteiger partial charge in [-0.2, -0.15) is 0 Å². The third-order valence-electron chi connectivity index (χ3n) is 4.30. The molecule has 3 N–H and O–H groups in total. The molecule has 7 heteroatoms. The highest BCUT2D eigenvalue weighted by Gasteiger charge is 2.13. The molecule has 0 aromatic heterocycles. The monoisotopic (exact) mass is 413 g/mol. The van der Waals surface area contributed by atoms with Crippen molar-refractivity contribution >= 4 is 34.8 Å². The Morgan fingerprint density at radius 1 is 1.03 bits per heavy atom. The van der Waals surface area contributed by atoms with E-state index in [1.807, 2.05) is 12.1 Å². The number of carbonyl (C=O) groups is 2. The summed E-state index contributed by atoms with van der Waals surface area (Å²) < 4.78 is 4.98.